The number of hydrogen-bond donors (Lipinski definition) is 1. The van der Waals surface area contributed by atoms with Gasteiger partial charge in [-0.15, -0.1) is 22.7 Å². The largest absolute Gasteiger partial charge is 0.462 e. The van der Waals surface area contributed by atoms with Crippen LogP contribution < -0.4 is 5.32 Å². The van der Waals surface area contributed by atoms with Gasteiger partial charge in [-0.2, -0.15) is 0 Å². The fourth-order valence-electron chi connectivity index (χ4n) is 2.17. The number of nitrogens with one attached hydrogen (secondary N) is 1. The van der Waals surface area contributed by atoms with Crippen molar-refractivity contribution in [3.8, 4) is 10.4 Å². The molecule has 2 rings (SSSR count). The Morgan fingerprint density at radius 3 is 2.62 bits per heavy atom. The summed E-state index contributed by atoms with van der Waals surface area (Å²) < 4.78 is 10.1. The van der Waals surface area contributed by atoms with Crippen molar-refractivity contribution in [2.75, 3.05) is 18.5 Å². The van der Waals surface area contributed by atoms with Gasteiger partial charge in [0.05, 0.1) is 6.61 Å². The third kappa shape index (κ3) is 5.40. The third-order valence-electron chi connectivity index (χ3n) is 3.41. The van der Waals surface area contributed by atoms with Gasteiger partial charge in [0.25, 0.3) is 5.91 Å². The Balaban J connectivity index is 2.10. The second-order valence-electron chi connectivity index (χ2n) is 5.36. The lowest BCUT2D eigenvalue weighted by Crippen LogP contribution is -2.21. The second kappa shape index (κ2) is 10.1. The fourth-order valence-corrected chi connectivity index (χ4v) is 3.96. The van der Waals surface area contributed by atoms with Gasteiger partial charge in [0.1, 0.15) is 10.6 Å². The summed E-state index contributed by atoms with van der Waals surface area (Å²) in [5, 5.41) is 6.76. The quantitative estimate of drug-likeness (QED) is 0.639. The Hall–Kier alpha value is -2.19. The van der Waals surface area contributed by atoms with E-state index in [0.717, 1.165) is 23.3 Å². The van der Waals surface area contributed by atoms with Crippen LogP contribution in [-0.2, 0) is 19.1 Å². The van der Waals surface area contributed by atoms with Crippen LogP contribution in [0.25, 0.3) is 10.4 Å². The molecule has 8 heteroatoms. The molecule has 1 amide bonds. The molecule has 0 atom stereocenters. The predicted octanol–water partition coefficient (Wildman–Crippen LogP) is 4.33. The van der Waals surface area contributed by atoms with Crippen LogP contribution in [0.4, 0.5) is 5.00 Å². The lowest BCUT2D eigenvalue weighted by molar-refractivity contribution is -0.147. The molecule has 0 saturated heterocycles. The van der Waals surface area contributed by atoms with Crippen LogP contribution >= 0.6 is 22.7 Å². The highest BCUT2D eigenvalue weighted by molar-refractivity contribution is 7.17. The summed E-state index contributed by atoms with van der Waals surface area (Å²) in [6.07, 6.45) is 1.90. The van der Waals surface area contributed by atoms with Gasteiger partial charge >= 0.3 is 11.9 Å². The Labute approximate surface area is 160 Å². The van der Waals surface area contributed by atoms with Crippen molar-refractivity contribution >= 4 is 45.5 Å². The maximum absolute atomic E-state index is 12.4. The first-order valence-electron chi connectivity index (χ1n) is 8.34. The molecule has 0 spiro atoms. The second-order valence-corrected chi connectivity index (χ2v) is 7.19. The molecular formula is C18H21NO5S2. The summed E-state index contributed by atoms with van der Waals surface area (Å²) in [7, 11) is 0. The van der Waals surface area contributed by atoms with E-state index in [0.29, 0.717) is 17.0 Å². The van der Waals surface area contributed by atoms with Gasteiger partial charge in [-0.3, -0.25) is 9.59 Å². The lowest BCUT2D eigenvalue weighted by Gasteiger charge is -2.08. The number of anilines is 1. The van der Waals surface area contributed by atoms with Crippen molar-refractivity contribution < 1.29 is 23.9 Å². The molecule has 0 aromatic carbocycles. The van der Waals surface area contributed by atoms with Gasteiger partial charge in [0.15, 0.2) is 6.61 Å². The first-order valence-corrected chi connectivity index (χ1v) is 10.1. The molecule has 140 valence electrons. The number of rotatable bonds is 9. The first-order chi connectivity index (χ1) is 12.6. The summed E-state index contributed by atoms with van der Waals surface area (Å²) in [5.41, 5.74) is 1.05. The highest BCUT2D eigenvalue weighted by Gasteiger charge is 2.23. The zero-order valence-electron chi connectivity index (χ0n) is 14.7. The monoisotopic (exact) mass is 395 g/mol. The van der Waals surface area contributed by atoms with Crippen LogP contribution in [0.2, 0.25) is 0 Å². The lowest BCUT2D eigenvalue weighted by atomic mass is 10.1. The van der Waals surface area contributed by atoms with Crippen LogP contribution in [0.1, 0.15) is 43.5 Å². The summed E-state index contributed by atoms with van der Waals surface area (Å²) >= 11 is 2.73. The minimum absolute atomic E-state index is 0.237. The highest BCUT2D eigenvalue weighted by atomic mass is 32.1. The summed E-state index contributed by atoms with van der Waals surface area (Å²) in [5.74, 6) is -1.38. The van der Waals surface area contributed by atoms with Crippen LogP contribution in [0, 0.1) is 0 Å². The molecule has 0 fully saturated rings. The van der Waals surface area contributed by atoms with Crippen molar-refractivity contribution in [2.24, 2.45) is 0 Å². The number of esters is 2. The number of ether oxygens (including phenoxy) is 2. The van der Waals surface area contributed by atoms with Crippen molar-refractivity contribution in [3.63, 3.8) is 0 Å². The Bertz CT molecular complexity index is 752. The molecule has 0 unspecified atom stereocenters. The van der Waals surface area contributed by atoms with Gasteiger partial charge in [-0.1, -0.05) is 19.4 Å². The topological polar surface area (TPSA) is 81.7 Å². The summed E-state index contributed by atoms with van der Waals surface area (Å²) in [6, 6.07) is 3.79. The molecule has 2 heterocycles. The van der Waals surface area contributed by atoms with E-state index in [1.165, 1.54) is 22.7 Å². The molecule has 26 heavy (non-hydrogen) atoms. The van der Waals surface area contributed by atoms with Gasteiger partial charge in [-0.25, -0.2) is 4.79 Å². The highest BCUT2D eigenvalue weighted by Crippen LogP contribution is 2.38. The van der Waals surface area contributed by atoms with Gasteiger partial charge in [-0.05, 0) is 24.8 Å². The first kappa shape index (κ1) is 20.1. The van der Waals surface area contributed by atoms with Crippen LogP contribution in [0.3, 0.4) is 0 Å². The molecule has 0 saturated carbocycles. The fraction of sp³-hybridized carbons (Fsp3) is 0.389. The maximum atomic E-state index is 12.4. The summed E-state index contributed by atoms with van der Waals surface area (Å²) in [6.45, 7) is 3.56. The SMILES string of the molecule is CCCCC(=O)OCC(=O)Nc1scc(-c2cccs2)c1C(=O)OCC. The number of unbranched alkanes of at least 4 members (excludes halogenated alkanes) is 1. The van der Waals surface area contributed by atoms with Crippen molar-refractivity contribution in [2.45, 2.75) is 33.1 Å². The molecule has 2 aromatic rings. The molecule has 0 aliphatic rings. The Morgan fingerprint density at radius 2 is 1.96 bits per heavy atom. The van der Waals surface area contributed by atoms with Gasteiger partial charge in [0.2, 0.25) is 0 Å². The molecule has 1 N–H and O–H groups in total. The minimum atomic E-state index is -0.493. The van der Waals surface area contributed by atoms with Crippen molar-refractivity contribution in [1.82, 2.24) is 0 Å². The summed E-state index contributed by atoms with van der Waals surface area (Å²) in [4.78, 5) is 36.9. The number of amides is 1. The zero-order valence-corrected chi connectivity index (χ0v) is 16.3. The smallest absolute Gasteiger partial charge is 0.341 e. The van der Waals surface area contributed by atoms with E-state index < -0.39 is 17.8 Å². The molecular weight excluding hydrogens is 374 g/mol. The van der Waals surface area contributed by atoms with E-state index in [2.05, 4.69) is 5.32 Å². The molecule has 0 bridgehead atoms. The molecule has 0 aliphatic carbocycles. The van der Waals surface area contributed by atoms with Crippen molar-refractivity contribution in [1.29, 1.82) is 0 Å². The van der Waals surface area contributed by atoms with Gasteiger partial charge in [0, 0.05) is 22.2 Å². The third-order valence-corrected chi connectivity index (χ3v) is 5.21. The van der Waals surface area contributed by atoms with E-state index in [1.807, 2.05) is 24.4 Å². The number of thiophene rings is 2. The average molecular weight is 396 g/mol. The normalized spacial score (nSPS) is 10.4. The number of carbonyl (C=O) groups is 3. The van der Waals surface area contributed by atoms with Crippen LogP contribution in [-0.4, -0.2) is 31.1 Å². The van der Waals surface area contributed by atoms with E-state index in [-0.39, 0.29) is 13.2 Å². The molecule has 0 aliphatic heterocycles. The molecule has 0 radical (unpaired) electrons. The number of hydrogen-bond acceptors (Lipinski definition) is 7. The van der Waals surface area contributed by atoms with E-state index in [4.69, 9.17) is 9.47 Å². The van der Waals surface area contributed by atoms with E-state index in [9.17, 15) is 14.4 Å². The van der Waals surface area contributed by atoms with Gasteiger partial charge < -0.3 is 14.8 Å². The molecule has 6 nitrogen and oxygen atoms in total. The van der Waals surface area contributed by atoms with Crippen molar-refractivity contribution in [3.05, 3.63) is 28.5 Å². The average Bonchev–Trinajstić information content (AvgIpc) is 3.27. The zero-order chi connectivity index (χ0) is 18.9. The van der Waals surface area contributed by atoms with Crippen LogP contribution in [0.15, 0.2) is 22.9 Å². The maximum Gasteiger partial charge on any atom is 0.341 e. The van der Waals surface area contributed by atoms with E-state index in [1.54, 1.807) is 12.3 Å². The van der Waals surface area contributed by atoms with Crippen LogP contribution in [0.5, 0.6) is 0 Å². The number of carbonyl (C=O) groups excluding carboxylic acids is 3. The Morgan fingerprint density at radius 1 is 1.15 bits per heavy atom. The van der Waals surface area contributed by atoms with E-state index >= 15 is 0 Å². The minimum Gasteiger partial charge on any atom is -0.462 e. The predicted molar refractivity (Wildman–Crippen MR) is 103 cm³/mol. The molecule has 2 aromatic heterocycles. The standard InChI is InChI=1S/C18H21NO5S2/c1-3-5-8-15(21)24-10-14(20)19-17-16(18(22)23-4-2)12(11-26-17)13-7-6-9-25-13/h6-7,9,11H,3-5,8,10H2,1-2H3,(H,19,20). The Kier molecular flexibility index (Phi) is 7.80.